The normalized spacial score (nSPS) is 22.8. The molecule has 0 spiro atoms. The largest absolute Gasteiger partial charge is 0.466 e. The van der Waals surface area contributed by atoms with Gasteiger partial charge in [-0.15, -0.1) is 0 Å². The fourth-order valence-corrected chi connectivity index (χ4v) is 9.34. The summed E-state index contributed by atoms with van der Waals surface area (Å²) in [6.45, 7) is 8.67. The molecule has 2 atom stereocenters. The van der Waals surface area contributed by atoms with Gasteiger partial charge in [-0.3, -0.25) is 9.78 Å². The first-order valence-electron chi connectivity index (χ1n) is 20.0. The maximum absolute atomic E-state index is 17.3. The van der Waals surface area contributed by atoms with Crippen molar-refractivity contribution in [2.45, 2.75) is 121 Å². The van der Waals surface area contributed by atoms with E-state index in [4.69, 9.17) is 9.72 Å². The van der Waals surface area contributed by atoms with Gasteiger partial charge in [-0.2, -0.15) is 13.2 Å². The van der Waals surface area contributed by atoms with Gasteiger partial charge in [0.1, 0.15) is 0 Å². The minimum atomic E-state index is -4.60. The van der Waals surface area contributed by atoms with E-state index in [1.807, 2.05) is 13.8 Å². The summed E-state index contributed by atoms with van der Waals surface area (Å²) >= 11 is 0. The first kappa shape index (κ1) is 40.3. The molecule has 3 fully saturated rings. The summed E-state index contributed by atoms with van der Waals surface area (Å²) in [5.41, 5.74) is 2.04. The number of hydrogen-bond acceptors (Lipinski definition) is 8. The van der Waals surface area contributed by atoms with Crippen LogP contribution in [0.4, 0.5) is 38.0 Å². The lowest BCUT2D eigenvalue weighted by molar-refractivity contribution is -0.148. The molecule has 1 aromatic carbocycles. The van der Waals surface area contributed by atoms with Gasteiger partial charge in [0.05, 0.1) is 48.0 Å². The molecule has 1 saturated carbocycles. The fraction of sp³-hybridized carbons (Fsp3) is 0.619. The van der Waals surface area contributed by atoms with Crippen molar-refractivity contribution >= 4 is 17.6 Å². The summed E-state index contributed by atoms with van der Waals surface area (Å²) in [5.74, 6) is -3.27. The summed E-state index contributed by atoms with van der Waals surface area (Å²) in [6.07, 6.45) is -1.06. The van der Waals surface area contributed by atoms with Crippen molar-refractivity contribution in [3.8, 4) is 0 Å². The van der Waals surface area contributed by atoms with Gasteiger partial charge in [0.15, 0.2) is 6.17 Å². The SMILES string of the molecule is CCOC(=O)C1CCN(c2cnc(N3CCC(c4nc5c(c(C6CCC(F)(F)CC6)c4C(F)c4ccc(C(F)(F)F)cc4)C(O)CC(C)(C)C5)CC3)nc2)CC1. The number of piperidine rings is 2. The Morgan fingerprint density at radius 3 is 2.11 bits per heavy atom. The Hall–Kier alpha value is -3.94. The molecule has 2 aliphatic heterocycles. The van der Waals surface area contributed by atoms with Gasteiger partial charge in [-0.25, -0.2) is 23.1 Å². The molecule has 2 unspecified atom stereocenters. The van der Waals surface area contributed by atoms with Crippen molar-refractivity contribution in [1.82, 2.24) is 15.0 Å². The van der Waals surface area contributed by atoms with E-state index in [2.05, 4.69) is 19.8 Å². The Balaban J connectivity index is 1.18. The second-order valence-electron chi connectivity index (χ2n) is 16.9. The van der Waals surface area contributed by atoms with Gasteiger partial charge in [0.25, 0.3) is 0 Å². The zero-order chi connectivity index (χ0) is 40.0. The topological polar surface area (TPSA) is 91.7 Å². The zero-order valence-electron chi connectivity index (χ0n) is 32.2. The van der Waals surface area contributed by atoms with E-state index in [9.17, 15) is 31.9 Å². The van der Waals surface area contributed by atoms with Crippen LogP contribution in [-0.4, -0.2) is 64.7 Å². The third-order valence-electron chi connectivity index (χ3n) is 12.3. The number of rotatable bonds is 8. The molecule has 2 aliphatic carbocycles. The molecule has 14 heteroatoms. The first-order chi connectivity index (χ1) is 26.5. The highest BCUT2D eigenvalue weighted by atomic mass is 19.4. The fourth-order valence-electron chi connectivity index (χ4n) is 9.34. The maximum Gasteiger partial charge on any atom is 0.416 e. The van der Waals surface area contributed by atoms with Crippen LogP contribution in [0.2, 0.25) is 0 Å². The van der Waals surface area contributed by atoms with Gasteiger partial charge in [-0.1, -0.05) is 26.0 Å². The van der Waals surface area contributed by atoms with Crippen LogP contribution >= 0.6 is 0 Å². The second-order valence-corrected chi connectivity index (χ2v) is 16.9. The van der Waals surface area contributed by atoms with Crippen LogP contribution in [0.25, 0.3) is 0 Å². The number of hydrogen-bond donors (Lipinski definition) is 1. The molecule has 4 aliphatic rings. The lowest BCUT2D eigenvalue weighted by Crippen LogP contribution is -2.37. The van der Waals surface area contributed by atoms with E-state index in [1.165, 1.54) is 0 Å². The number of carbonyl (C=O) groups is 1. The number of ether oxygens (including phenoxy) is 1. The first-order valence-corrected chi connectivity index (χ1v) is 20.0. The van der Waals surface area contributed by atoms with Crippen LogP contribution in [0.5, 0.6) is 0 Å². The lowest BCUT2D eigenvalue weighted by Gasteiger charge is -2.41. The molecule has 1 N–H and O–H groups in total. The van der Waals surface area contributed by atoms with Gasteiger partial charge in [-0.05, 0) is 92.9 Å². The lowest BCUT2D eigenvalue weighted by atomic mass is 9.68. The van der Waals surface area contributed by atoms with Crippen LogP contribution in [0.1, 0.15) is 142 Å². The number of alkyl halides is 6. The summed E-state index contributed by atoms with van der Waals surface area (Å²) < 4.78 is 92.1. The van der Waals surface area contributed by atoms with Crippen molar-refractivity contribution in [2.75, 3.05) is 42.6 Å². The molecule has 2 saturated heterocycles. The number of aliphatic hydroxyl groups excluding tert-OH is 1. The summed E-state index contributed by atoms with van der Waals surface area (Å²) in [5, 5.41) is 11.7. The van der Waals surface area contributed by atoms with E-state index >= 15 is 4.39 Å². The highest BCUT2D eigenvalue weighted by Gasteiger charge is 2.44. The van der Waals surface area contributed by atoms with Gasteiger partial charge in [0, 0.05) is 61.8 Å². The molecular weight excluding hydrogens is 736 g/mol. The molecule has 2 aromatic heterocycles. The number of aliphatic hydroxyl groups is 1. The number of anilines is 2. The average Bonchev–Trinajstić information content (AvgIpc) is 3.16. The molecule has 4 heterocycles. The Morgan fingerprint density at radius 2 is 1.52 bits per heavy atom. The highest BCUT2D eigenvalue weighted by Crippen LogP contribution is 2.52. The quantitative estimate of drug-likeness (QED) is 0.179. The monoisotopic (exact) mass is 787 g/mol. The second kappa shape index (κ2) is 15.8. The van der Waals surface area contributed by atoms with Crippen molar-refractivity contribution < 1.29 is 41.0 Å². The number of nitrogens with zero attached hydrogens (tertiary/aromatic N) is 5. The highest BCUT2D eigenvalue weighted by molar-refractivity contribution is 5.73. The Bertz CT molecular complexity index is 1850. The van der Waals surface area contributed by atoms with Crippen molar-refractivity contribution in [2.24, 2.45) is 11.3 Å². The van der Waals surface area contributed by atoms with E-state index in [1.54, 1.807) is 19.3 Å². The molecule has 304 valence electrons. The van der Waals surface area contributed by atoms with E-state index in [-0.39, 0.29) is 60.0 Å². The summed E-state index contributed by atoms with van der Waals surface area (Å²) in [6, 6.07) is 4.00. The standard InChI is InChI=1S/C42H51F6N5O3/c1-4-56-38(55)28-13-17-52(18-14-28)30-23-49-39(50-24-30)53-19-11-27(12-20-53)37-35(36(43)26-5-7-29(8-6-26)42(46,47)48)33(25-9-15-41(44,45)16-10-25)34-31(51-37)21-40(2,3)22-32(34)54/h5-8,23-25,27-28,32,36,54H,4,9-22H2,1-3H3. The Kier molecular flexibility index (Phi) is 11.3. The number of esters is 1. The average molecular weight is 788 g/mol. The van der Waals surface area contributed by atoms with Crippen LogP contribution in [0, 0.1) is 11.3 Å². The number of pyridine rings is 1. The molecule has 0 bridgehead atoms. The zero-order valence-corrected chi connectivity index (χ0v) is 32.2. The predicted octanol–water partition coefficient (Wildman–Crippen LogP) is 9.41. The van der Waals surface area contributed by atoms with Crippen LogP contribution in [0.3, 0.4) is 0 Å². The molecule has 8 nitrogen and oxygen atoms in total. The maximum atomic E-state index is 17.3. The molecule has 7 rings (SSSR count). The molecule has 0 amide bonds. The van der Waals surface area contributed by atoms with Crippen LogP contribution in [0.15, 0.2) is 36.7 Å². The van der Waals surface area contributed by atoms with Gasteiger partial charge < -0.3 is 19.6 Å². The smallest absolute Gasteiger partial charge is 0.416 e. The third kappa shape index (κ3) is 8.50. The number of halogens is 6. The number of carbonyl (C=O) groups excluding carboxylic acids is 1. The summed E-state index contributed by atoms with van der Waals surface area (Å²) in [7, 11) is 0. The van der Waals surface area contributed by atoms with E-state index in [0.29, 0.717) is 99.8 Å². The van der Waals surface area contributed by atoms with Crippen LogP contribution in [-0.2, 0) is 22.1 Å². The molecule has 3 aromatic rings. The number of fused-ring (bicyclic) bond motifs is 1. The van der Waals surface area contributed by atoms with Crippen molar-refractivity contribution in [1.29, 1.82) is 0 Å². The minimum Gasteiger partial charge on any atom is -0.466 e. The number of benzene rings is 1. The predicted molar refractivity (Wildman–Crippen MR) is 200 cm³/mol. The van der Waals surface area contributed by atoms with E-state index in [0.717, 1.165) is 30.0 Å². The minimum absolute atomic E-state index is 0.0186. The molecule has 0 radical (unpaired) electrons. The summed E-state index contributed by atoms with van der Waals surface area (Å²) in [4.78, 5) is 30.9. The van der Waals surface area contributed by atoms with Crippen molar-refractivity contribution in [3.05, 3.63) is 75.9 Å². The Labute approximate surface area is 324 Å². The molecule has 56 heavy (non-hydrogen) atoms. The third-order valence-corrected chi connectivity index (χ3v) is 12.3. The Morgan fingerprint density at radius 1 is 0.911 bits per heavy atom. The van der Waals surface area contributed by atoms with Gasteiger partial charge >= 0.3 is 12.1 Å². The van der Waals surface area contributed by atoms with Gasteiger partial charge in [0.2, 0.25) is 11.9 Å². The van der Waals surface area contributed by atoms with E-state index < -0.39 is 35.9 Å². The number of aromatic nitrogens is 3. The van der Waals surface area contributed by atoms with Crippen molar-refractivity contribution in [3.63, 3.8) is 0 Å². The van der Waals surface area contributed by atoms with Crippen LogP contribution < -0.4 is 9.80 Å². The molecular formula is C42H51F6N5O3.